The molecular weight excluding hydrogens is 262 g/mol. The standard InChI is InChI=1S/C17H27N3O/c1-4-18-17(20-15-7-8-15)19-12-11-13(2)14-5-9-16(21-3)10-6-14/h5-6,9-10,13,15H,4,7-8,11-12H2,1-3H3,(H2,18,19,20). The van der Waals surface area contributed by atoms with Crippen LogP contribution in [0.4, 0.5) is 0 Å². The minimum Gasteiger partial charge on any atom is -0.497 e. The molecule has 21 heavy (non-hydrogen) atoms. The summed E-state index contributed by atoms with van der Waals surface area (Å²) in [6.07, 6.45) is 3.59. The van der Waals surface area contributed by atoms with E-state index in [1.165, 1.54) is 18.4 Å². The molecule has 0 radical (unpaired) electrons. The summed E-state index contributed by atoms with van der Waals surface area (Å²) in [7, 11) is 1.70. The Hall–Kier alpha value is -1.71. The zero-order chi connectivity index (χ0) is 15.1. The summed E-state index contributed by atoms with van der Waals surface area (Å²) in [4.78, 5) is 4.66. The molecule has 2 rings (SSSR count). The van der Waals surface area contributed by atoms with Gasteiger partial charge in [-0.15, -0.1) is 0 Å². The number of ether oxygens (including phenoxy) is 1. The van der Waals surface area contributed by atoms with E-state index in [0.717, 1.165) is 31.2 Å². The van der Waals surface area contributed by atoms with Crippen molar-refractivity contribution in [2.75, 3.05) is 20.2 Å². The number of nitrogens with one attached hydrogen (secondary N) is 2. The van der Waals surface area contributed by atoms with Crippen LogP contribution in [0.15, 0.2) is 29.3 Å². The third kappa shape index (κ3) is 5.29. The Morgan fingerprint density at radius 1 is 1.33 bits per heavy atom. The van der Waals surface area contributed by atoms with Crippen LogP contribution in [0.25, 0.3) is 0 Å². The summed E-state index contributed by atoms with van der Waals surface area (Å²) in [6, 6.07) is 8.96. The monoisotopic (exact) mass is 289 g/mol. The van der Waals surface area contributed by atoms with Gasteiger partial charge in [0.25, 0.3) is 0 Å². The molecule has 1 aromatic carbocycles. The third-order valence-electron chi connectivity index (χ3n) is 3.78. The van der Waals surface area contributed by atoms with Gasteiger partial charge < -0.3 is 15.4 Å². The lowest BCUT2D eigenvalue weighted by atomic mass is 9.98. The maximum absolute atomic E-state index is 5.19. The van der Waals surface area contributed by atoms with E-state index in [9.17, 15) is 0 Å². The number of methoxy groups -OCH3 is 1. The lowest BCUT2D eigenvalue weighted by Crippen LogP contribution is -2.38. The van der Waals surface area contributed by atoms with E-state index in [2.05, 4.69) is 41.6 Å². The first-order valence-electron chi connectivity index (χ1n) is 7.91. The largest absolute Gasteiger partial charge is 0.497 e. The lowest BCUT2D eigenvalue weighted by Gasteiger charge is -2.13. The highest BCUT2D eigenvalue weighted by Gasteiger charge is 2.22. The van der Waals surface area contributed by atoms with Gasteiger partial charge in [0.15, 0.2) is 5.96 Å². The van der Waals surface area contributed by atoms with E-state index < -0.39 is 0 Å². The van der Waals surface area contributed by atoms with Crippen molar-refractivity contribution < 1.29 is 4.74 Å². The van der Waals surface area contributed by atoms with Gasteiger partial charge >= 0.3 is 0 Å². The quantitative estimate of drug-likeness (QED) is 0.599. The van der Waals surface area contributed by atoms with Crippen molar-refractivity contribution in [3.8, 4) is 5.75 Å². The fraction of sp³-hybridized carbons (Fsp3) is 0.588. The smallest absolute Gasteiger partial charge is 0.191 e. The number of benzene rings is 1. The second-order valence-corrected chi connectivity index (χ2v) is 5.64. The van der Waals surface area contributed by atoms with Crippen molar-refractivity contribution in [2.45, 2.75) is 45.1 Å². The highest BCUT2D eigenvalue weighted by atomic mass is 16.5. The Bertz CT molecular complexity index is 452. The van der Waals surface area contributed by atoms with E-state index in [1.807, 2.05) is 12.1 Å². The van der Waals surface area contributed by atoms with Gasteiger partial charge in [0, 0.05) is 19.1 Å². The van der Waals surface area contributed by atoms with Crippen molar-refractivity contribution in [1.29, 1.82) is 0 Å². The molecule has 1 unspecified atom stereocenters. The number of hydrogen-bond donors (Lipinski definition) is 2. The van der Waals surface area contributed by atoms with Crippen LogP contribution in [0, 0.1) is 0 Å². The molecule has 4 nitrogen and oxygen atoms in total. The molecule has 0 saturated heterocycles. The van der Waals surface area contributed by atoms with Crippen LogP contribution in [0.2, 0.25) is 0 Å². The maximum Gasteiger partial charge on any atom is 0.191 e. The average Bonchev–Trinajstić information content (AvgIpc) is 3.31. The van der Waals surface area contributed by atoms with Crippen molar-refractivity contribution >= 4 is 5.96 Å². The second-order valence-electron chi connectivity index (χ2n) is 5.64. The van der Waals surface area contributed by atoms with E-state index in [0.29, 0.717) is 12.0 Å². The van der Waals surface area contributed by atoms with E-state index in [-0.39, 0.29) is 0 Å². The van der Waals surface area contributed by atoms with E-state index in [4.69, 9.17) is 4.74 Å². The molecule has 1 aliphatic rings. The third-order valence-corrected chi connectivity index (χ3v) is 3.78. The Morgan fingerprint density at radius 3 is 2.62 bits per heavy atom. The highest BCUT2D eigenvalue weighted by Crippen LogP contribution is 2.22. The predicted octanol–water partition coefficient (Wildman–Crippen LogP) is 2.91. The Balaban J connectivity index is 1.81. The topological polar surface area (TPSA) is 45.7 Å². The average molecular weight is 289 g/mol. The van der Waals surface area contributed by atoms with Gasteiger partial charge in [0.1, 0.15) is 5.75 Å². The summed E-state index contributed by atoms with van der Waals surface area (Å²) < 4.78 is 5.19. The van der Waals surface area contributed by atoms with Gasteiger partial charge in [-0.05, 0) is 49.8 Å². The van der Waals surface area contributed by atoms with Crippen LogP contribution in [-0.4, -0.2) is 32.2 Å². The zero-order valence-electron chi connectivity index (χ0n) is 13.4. The van der Waals surface area contributed by atoms with Gasteiger partial charge in [-0.1, -0.05) is 19.1 Å². The molecule has 1 saturated carbocycles. The van der Waals surface area contributed by atoms with E-state index in [1.54, 1.807) is 7.11 Å². The minimum atomic E-state index is 0.503. The normalized spacial score (nSPS) is 16.4. The van der Waals surface area contributed by atoms with Crippen molar-refractivity contribution in [3.05, 3.63) is 29.8 Å². The van der Waals surface area contributed by atoms with Crippen LogP contribution in [0.3, 0.4) is 0 Å². The van der Waals surface area contributed by atoms with Crippen molar-refractivity contribution in [2.24, 2.45) is 4.99 Å². The molecule has 0 amide bonds. The summed E-state index contributed by atoms with van der Waals surface area (Å²) in [5.74, 6) is 2.37. The molecule has 1 aromatic rings. The van der Waals surface area contributed by atoms with Gasteiger partial charge in [-0.25, -0.2) is 0 Å². The fourth-order valence-corrected chi connectivity index (χ4v) is 2.21. The van der Waals surface area contributed by atoms with Gasteiger partial charge in [0.05, 0.1) is 7.11 Å². The SMILES string of the molecule is CCNC(=NCCC(C)c1ccc(OC)cc1)NC1CC1. The summed E-state index contributed by atoms with van der Waals surface area (Å²) in [5.41, 5.74) is 1.34. The van der Waals surface area contributed by atoms with Crippen molar-refractivity contribution in [1.82, 2.24) is 10.6 Å². The van der Waals surface area contributed by atoms with Crippen LogP contribution in [-0.2, 0) is 0 Å². The number of hydrogen-bond acceptors (Lipinski definition) is 2. The first-order valence-corrected chi connectivity index (χ1v) is 7.91. The minimum absolute atomic E-state index is 0.503. The number of guanidine groups is 1. The molecule has 1 fully saturated rings. The number of rotatable bonds is 7. The first-order chi connectivity index (χ1) is 10.2. The lowest BCUT2D eigenvalue weighted by molar-refractivity contribution is 0.414. The molecule has 0 bridgehead atoms. The molecule has 1 atom stereocenters. The Labute approximate surface area is 128 Å². The molecule has 4 heteroatoms. The molecule has 0 aliphatic heterocycles. The number of aliphatic imine (C=N–C) groups is 1. The van der Waals surface area contributed by atoms with Crippen molar-refractivity contribution in [3.63, 3.8) is 0 Å². The van der Waals surface area contributed by atoms with Gasteiger partial charge in [0.2, 0.25) is 0 Å². The zero-order valence-corrected chi connectivity index (χ0v) is 13.4. The predicted molar refractivity (Wildman–Crippen MR) is 88.2 cm³/mol. The molecule has 0 heterocycles. The number of nitrogens with zero attached hydrogens (tertiary/aromatic N) is 1. The fourth-order valence-electron chi connectivity index (χ4n) is 2.21. The summed E-state index contributed by atoms with van der Waals surface area (Å²) in [6.45, 7) is 6.10. The molecule has 116 valence electrons. The molecule has 0 spiro atoms. The molecule has 2 N–H and O–H groups in total. The Kier molecular flexibility index (Phi) is 5.90. The van der Waals surface area contributed by atoms with Gasteiger partial charge in [-0.2, -0.15) is 0 Å². The Morgan fingerprint density at radius 2 is 2.05 bits per heavy atom. The summed E-state index contributed by atoms with van der Waals surface area (Å²) in [5, 5.41) is 6.75. The highest BCUT2D eigenvalue weighted by molar-refractivity contribution is 5.80. The first kappa shape index (κ1) is 15.7. The van der Waals surface area contributed by atoms with Crippen LogP contribution < -0.4 is 15.4 Å². The van der Waals surface area contributed by atoms with Crippen LogP contribution in [0.1, 0.15) is 44.6 Å². The molecule has 1 aliphatic carbocycles. The summed E-state index contributed by atoms with van der Waals surface area (Å²) >= 11 is 0. The molecule has 0 aromatic heterocycles. The van der Waals surface area contributed by atoms with Crippen LogP contribution >= 0.6 is 0 Å². The maximum atomic E-state index is 5.19. The molecular formula is C17H27N3O. The van der Waals surface area contributed by atoms with E-state index >= 15 is 0 Å². The van der Waals surface area contributed by atoms with Gasteiger partial charge in [-0.3, -0.25) is 4.99 Å². The van der Waals surface area contributed by atoms with Crippen LogP contribution in [0.5, 0.6) is 5.75 Å². The second kappa shape index (κ2) is 7.91.